The van der Waals surface area contributed by atoms with Crippen LogP contribution in [0.1, 0.15) is 22.8 Å². The maximum atomic E-state index is 12.7. The van der Waals surface area contributed by atoms with Crippen LogP contribution < -0.4 is 10.6 Å². The van der Waals surface area contributed by atoms with Gasteiger partial charge in [-0.25, -0.2) is 0 Å². The van der Waals surface area contributed by atoms with Crippen LogP contribution in [-0.2, 0) is 16.1 Å². The molecule has 0 saturated carbocycles. The smallest absolute Gasteiger partial charge is 0.313 e. The van der Waals surface area contributed by atoms with Crippen LogP contribution in [0.5, 0.6) is 0 Å². The Kier molecular flexibility index (Phi) is 7.84. The van der Waals surface area contributed by atoms with Crippen molar-refractivity contribution in [3.63, 3.8) is 0 Å². The highest BCUT2D eigenvalue weighted by molar-refractivity contribution is 6.39. The number of carbonyl (C=O) groups is 3. The van der Waals surface area contributed by atoms with Gasteiger partial charge in [-0.1, -0.05) is 37.3 Å². The van der Waals surface area contributed by atoms with Crippen LogP contribution in [0.15, 0.2) is 73.1 Å². The molecule has 3 amide bonds. The Bertz CT molecular complexity index is 1160. The molecular formula is C27H29N5O3. The molecule has 2 N–H and O–H groups in total. The molecule has 1 aliphatic rings. The fraction of sp³-hybridized carbons (Fsp3) is 0.259. The van der Waals surface area contributed by atoms with E-state index in [1.54, 1.807) is 36.7 Å². The summed E-state index contributed by atoms with van der Waals surface area (Å²) in [5.41, 5.74) is 3.93. The molecule has 0 bridgehead atoms. The van der Waals surface area contributed by atoms with Gasteiger partial charge in [0.15, 0.2) is 0 Å². The lowest BCUT2D eigenvalue weighted by molar-refractivity contribution is -0.136. The molecule has 2 heterocycles. The van der Waals surface area contributed by atoms with Crippen LogP contribution in [0.4, 0.5) is 5.69 Å². The van der Waals surface area contributed by atoms with Crippen LogP contribution in [0.2, 0.25) is 0 Å². The first-order chi connectivity index (χ1) is 17.0. The number of hydrogen-bond acceptors (Lipinski definition) is 5. The average Bonchev–Trinajstić information content (AvgIpc) is 2.92. The van der Waals surface area contributed by atoms with Gasteiger partial charge in [-0.3, -0.25) is 19.4 Å². The second kappa shape index (κ2) is 11.4. The molecule has 0 aliphatic carbocycles. The number of nitrogens with zero attached hydrogens (tertiary/aromatic N) is 3. The number of pyridine rings is 1. The number of benzene rings is 2. The van der Waals surface area contributed by atoms with E-state index in [1.807, 2.05) is 41.3 Å². The van der Waals surface area contributed by atoms with Crippen molar-refractivity contribution in [2.75, 3.05) is 38.0 Å². The zero-order valence-electron chi connectivity index (χ0n) is 19.7. The Balaban J connectivity index is 1.25. The summed E-state index contributed by atoms with van der Waals surface area (Å²) in [4.78, 5) is 45.5. The maximum absolute atomic E-state index is 12.7. The zero-order valence-corrected chi connectivity index (χ0v) is 19.7. The second-order valence-corrected chi connectivity index (χ2v) is 8.38. The van der Waals surface area contributed by atoms with Gasteiger partial charge in [-0.15, -0.1) is 0 Å². The Morgan fingerprint density at radius 3 is 2.20 bits per heavy atom. The normalized spacial score (nSPS) is 13.8. The topological polar surface area (TPSA) is 94.6 Å². The van der Waals surface area contributed by atoms with Crippen LogP contribution in [0, 0.1) is 0 Å². The number of piperazine rings is 1. The molecular weight excluding hydrogens is 442 g/mol. The summed E-state index contributed by atoms with van der Waals surface area (Å²) in [6, 6.07) is 18.2. The molecule has 180 valence electrons. The lowest BCUT2D eigenvalue weighted by Gasteiger charge is -2.34. The van der Waals surface area contributed by atoms with Gasteiger partial charge in [0.05, 0.1) is 0 Å². The Morgan fingerprint density at radius 2 is 1.57 bits per heavy atom. The van der Waals surface area contributed by atoms with Crippen molar-refractivity contribution in [1.82, 2.24) is 20.1 Å². The Labute approximate surface area is 205 Å². The SMILES string of the molecule is CCN1CCN(C(=O)c2ccc(NC(=O)C(=O)NCc3ccc(-c4cccnc4)cc3)cc2)CC1. The van der Waals surface area contributed by atoms with Gasteiger partial charge >= 0.3 is 11.8 Å². The Hall–Kier alpha value is -4.04. The number of hydrogen-bond donors (Lipinski definition) is 2. The minimum Gasteiger partial charge on any atom is -0.344 e. The van der Waals surface area contributed by atoms with E-state index in [-0.39, 0.29) is 12.5 Å². The summed E-state index contributed by atoms with van der Waals surface area (Å²) in [6.07, 6.45) is 3.51. The van der Waals surface area contributed by atoms with Crippen molar-refractivity contribution in [2.45, 2.75) is 13.5 Å². The van der Waals surface area contributed by atoms with Gasteiger partial charge in [0.25, 0.3) is 5.91 Å². The maximum Gasteiger partial charge on any atom is 0.313 e. The number of carbonyl (C=O) groups excluding carboxylic acids is 3. The van der Waals surface area contributed by atoms with Crippen molar-refractivity contribution >= 4 is 23.4 Å². The summed E-state index contributed by atoms with van der Waals surface area (Å²) >= 11 is 0. The largest absolute Gasteiger partial charge is 0.344 e. The van der Waals surface area contributed by atoms with E-state index in [2.05, 4.69) is 27.4 Å². The monoisotopic (exact) mass is 471 g/mol. The summed E-state index contributed by atoms with van der Waals surface area (Å²) in [5, 5.41) is 5.21. The van der Waals surface area contributed by atoms with E-state index >= 15 is 0 Å². The van der Waals surface area contributed by atoms with Gasteiger partial charge in [-0.2, -0.15) is 0 Å². The molecule has 8 heteroatoms. The summed E-state index contributed by atoms with van der Waals surface area (Å²) in [7, 11) is 0. The molecule has 35 heavy (non-hydrogen) atoms. The third-order valence-corrected chi connectivity index (χ3v) is 6.10. The van der Waals surface area contributed by atoms with Crippen molar-refractivity contribution in [3.05, 3.63) is 84.2 Å². The van der Waals surface area contributed by atoms with Crippen molar-refractivity contribution < 1.29 is 14.4 Å². The first-order valence-corrected chi connectivity index (χ1v) is 11.7. The molecule has 1 fully saturated rings. The van der Waals surface area contributed by atoms with Gasteiger partial charge in [0, 0.05) is 56.4 Å². The van der Waals surface area contributed by atoms with E-state index in [0.717, 1.165) is 36.3 Å². The van der Waals surface area contributed by atoms with E-state index < -0.39 is 11.8 Å². The fourth-order valence-corrected chi connectivity index (χ4v) is 3.94. The second-order valence-electron chi connectivity index (χ2n) is 8.38. The van der Waals surface area contributed by atoms with Crippen molar-refractivity contribution in [2.24, 2.45) is 0 Å². The highest BCUT2D eigenvalue weighted by Gasteiger charge is 2.21. The third kappa shape index (κ3) is 6.30. The highest BCUT2D eigenvalue weighted by Crippen LogP contribution is 2.18. The molecule has 4 rings (SSSR count). The average molecular weight is 472 g/mol. The lowest BCUT2D eigenvalue weighted by atomic mass is 10.1. The van der Waals surface area contributed by atoms with Gasteiger partial charge < -0.3 is 20.4 Å². The first-order valence-electron chi connectivity index (χ1n) is 11.7. The molecule has 8 nitrogen and oxygen atoms in total. The van der Waals surface area contributed by atoms with E-state index in [1.165, 1.54) is 0 Å². The number of aromatic nitrogens is 1. The molecule has 1 aromatic heterocycles. The number of likely N-dealkylation sites (N-methyl/N-ethyl adjacent to an activating group) is 1. The summed E-state index contributed by atoms with van der Waals surface area (Å²) in [5.74, 6) is -1.51. The molecule has 0 radical (unpaired) electrons. The van der Waals surface area contributed by atoms with E-state index in [9.17, 15) is 14.4 Å². The molecule has 0 unspecified atom stereocenters. The Morgan fingerprint density at radius 1 is 0.857 bits per heavy atom. The van der Waals surface area contributed by atoms with Gasteiger partial charge in [-0.05, 0) is 53.6 Å². The summed E-state index contributed by atoms with van der Waals surface area (Å²) in [6.45, 7) is 6.50. The van der Waals surface area contributed by atoms with Crippen LogP contribution in [-0.4, -0.2) is 65.2 Å². The zero-order chi connectivity index (χ0) is 24.6. The number of anilines is 1. The van der Waals surface area contributed by atoms with Gasteiger partial charge in [0.1, 0.15) is 0 Å². The molecule has 0 atom stereocenters. The quantitative estimate of drug-likeness (QED) is 0.539. The van der Waals surface area contributed by atoms with Crippen LogP contribution in [0.25, 0.3) is 11.1 Å². The van der Waals surface area contributed by atoms with Crippen LogP contribution in [0.3, 0.4) is 0 Å². The van der Waals surface area contributed by atoms with Crippen molar-refractivity contribution in [3.8, 4) is 11.1 Å². The third-order valence-electron chi connectivity index (χ3n) is 6.10. The molecule has 1 saturated heterocycles. The number of rotatable bonds is 6. The summed E-state index contributed by atoms with van der Waals surface area (Å²) < 4.78 is 0. The predicted octanol–water partition coefficient (Wildman–Crippen LogP) is 2.78. The van der Waals surface area contributed by atoms with E-state index in [4.69, 9.17) is 0 Å². The van der Waals surface area contributed by atoms with Crippen LogP contribution >= 0.6 is 0 Å². The fourth-order valence-electron chi connectivity index (χ4n) is 3.94. The minimum atomic E-state index is -0.758. The number of amides is 3. The number of nitrogens with one attached hydrogen (secondary N) is 2. The molecule has 0 spiro atoms. The van der Waals surface area contributed by atoms with Crippen molar-refractivity contribution in [1.29, 1.82) is 0 Å². The first kappa shape index (κ1) is 24.1. The lowest BCUT2D eigenvalue weighted by Crippen LogP contribution is -2.48. The molecule has 2 aromatic carbocycles. The molecule has 3 aromatic rings. The highest BCUT2D eigenvalue weighted by atomic mass is 16.2. The minimum absolute atomic E-state index is 0.0223. The van der Waals surface area contributed by atoms with Gasteiger partial charge in [0.2, 0.25) is 0 Å². The standard InChI is InChI=1S/C27H29N5O3/c1-2-31-14-16-32(17-15-31)27(35)22-9-11-24(12-10-22)30-26(34)25(33)29-18-20-5-7-21(8-6-20)23-4-3-13-28-19-23/h3-13,19H,2,14-18H2,1H3,(H,29,33)(H,30,34). The molecule has 1 aliphatic heterocycles. The predicted molar refractivity (Wildman–Crippen MR) is 135 cm³/mol. The van der Waals surface area contributed by atoms with E-state index in [0.29, 0.717) is 24.3 Å².